The fourth-order valence-corrected chi connectivity index (χ4v) is 10.2. The Morgan fingerprint density at radius 2 is 0.985 bits per heavy atom. The van der Waals surface area contributed by atoms with Crippen molar-refractivity contribution in [2.45, 2.75) is 33.1 Å². The highest BCUT2D eigenvalue weighted by atomic mass is 16.3. The number of nitrogens with zero attached hydrogens (tertiary/aromatic N) is 4. The van der Waals surface area contributed by atoms with Crippen molar-refractivity contribution in [1.82, 2.24) is 19.5 Å². The van der Waals surface area contributed by atoms with Crippen molar-refractivity contribution >= 4 is 54.5 Å². The lowest BCUT2D eigenvalue weighted by molar-refractivity contribution is 0.660. The van der Waals surface area contributed by atoms with Gasteiger partial charge < -0.3 is 4.42 Å². The summed E-state index contributed by atoms with van der Waals surface area (Å²) in [4.78, 5) is 15.9. The van der Waals surface area contributed by atoms with Crippen LogP contribution in [0.3, 0.4) is 0 Å². The van der Waals surface area contributed by atoms with E-state index in [1.807, 2.05) is 50.2 Å². The highest BCUT2D eigenvalue weighted by Crippen LogP contribution is 2.50. The monoisotopic (exact) mass is 836 g/mol. The van der Waals surface area contributed by atoms with Crippen LogP contribution >= 0.6 is 0 Å². The number of benzene rings is 9. The standard InChI is InChI=1S/C58H38N4O.C2H6/c1-58(2)49-24-10-8-20-43(49)44-29-27-38(33-50(44)58)37-17-12-18-39(32-37)42-22-13-23-47-48-31-26-35-14-6-7-19-41(35)53(48)62(54(42)47)57-60-55(36-15-4-3-5-16-36)59-56(61-57)40-28-30-46-45-21-9-11-25-51(45)63-52(46)34-40;1-2/h3-34H,1-2H3;1-2H3. The molecule has 5 heteroatoms. The number of aromatic nitrogens is 4. The molecular weight excluding hydrogens is 793 g/mol. The minimum atomic E-state index is -0.0886. The van der Waals surface area contributed by atoms with Gasteiger partial charge in [-0.3, -0.25) is 4.57 Å². The topological polar surface area (TPSA) is 56.7 Å². The highest BCUT2D eigenvalue weighted by Gasteiger charge is 2.35. The first-order valence-corrected chi connectivity index (χ1v) is 22.5. The first-order valence-electron chi connectivity index (χ1n) is 22.5. The first kappa shape index (κ1) is 38.5. The van der Waals surface area contributed by atoms with E-state index < -0.39 is 0 Å². The van der Waals surface area contributed by atoms with Gasteiger partial charge in [0.05, 0.1) is 11.0 Å². The van der Waals surface area contributed by atoms with Gasteiger partial charge in [0.2, 0.25) is 5.95 Å². The van der Waals surface area contributed by atoms with Crippen LogP contribution in [-0.2, 0) is 5.41 Å². The van der Waals surface area contributed by atoms with Crippen LogP contribution in [0.5, 0.6) is 0 Å². The highest BCUT2D eigenvalue weighted by molar-refractivity contribution is 6.21. The molecule has 0 N–H and O–H groups in total. The van der Waals surface area contributed by atoms with Crippen LogP contribution < -0.4 is 0 Å². The van der Waals surface area contributed by atoms with Crippen LogP contribution in [0.4, 0.5) is 0 Å². The Labute approximate surface area is 377 Å². The van der Waals surface area contributed by atoms with Gasteiger partial charge in [-0.15, -0.1) is 0 Å². The second-order valence-electron chi connectivity index (χ2n) is 17.2. The van der Waals surface area contributed by atoms with Gasteiger partial charge in [-0.1, -0.05) is 191 Å². The third-order valence-electron chi connectivity index (χ3n) is 13.3. The largest absolute Gasteiger partial charge is 0.456 e. The van der Waals surface area contributed by atoms with Crippen LogP contribution in [0.2, 0.25) is 0 Å². The molecule has 1 aliphatic carbocycles. The molecule has 13 rings (SSSR count). The van der Waals surface area contributed by atoms with Gasteiger partial charge in [-0.25, -0.2) is 4.98 Å². The Bertz CT molecular complexity index is 3840. The molecule has 5 nitrogen and oxygen atoms in total. The molecule has 3 aromatic heterocycles. The molecule has 0 aliphatic heterocycles. The summed E-state index contributed by atoms with van der Waals surface area (Å²) in [5.74, 6) is 1.71. The number of hydrogen-bond acceptors (Lipinski definition) is 4. The van der Waals surface area contributed by atoms with Crippen LogP contribution in [0, 0.1) is 0 Å². The lowest BCUT2D eigenvalue weighted by Crippen LogP contribution is -2.14. The van der Waals surface area contributed by atoms with Gasteiger partial charge in [0, 0.05) is 49.0 Å². The SMILES string of the molecule is CC.CC1(C)c2ccccc2-c2ccc(-c3cccc(-c4cccc5c6ccc7ccccc7c6n(-c6nc(-c7ccccc7)nc(-c7ccc8c(c7)oc7ccccc78)n6)c45)c3)cc21. The minimum absolute atomic E-state index is 0.0886. The maximum absolute atomic E-state index is 6.37. The average Bonchev–Trinajstić information content (AvgIpc) is 4.00. The van der Waals surface area contributed by atoms with Crippen molar-refractivity contribution in [2.24, 2.45) is 0 Å². The number of furan rings is 1. The molecular formula is C60H44N4O. The maximum atomic E-state index is 6.37. The minimum Gasteiger partial charge on any atom is -0.456 e. The van der Waals surface area contributed by atoms with Gasteiger partial charge in [-0.05, 0) is 74.7 Å². The van der Waals surface area contributed by atoms with Crippen LogP contribution in [-0.4, -0.2) is 19.5 Å². The second kappa shape index (κ2) is 15.0. The van der Waals surface area contributed by atoms with Crippen molar-refractivity contribution < 1.29 is 4.42 Å². The summed E-state index contributed by atoms with van der Waals surface area (Å²) in [6, 6.07) is 69.1. The summed E-state index contributed by atoms with van der Waals surface area (Å²) >= 11 is 0. The number of para-hydroxylation sites is 2. The van der Waals surface area contributed by atoms with Crippen molar-refractivity contribution in [3.05, 3.63) is 205 Å². The summed E-state index contributed by atoms with van der Waals surface area (Å²) in [6.07, 6.45) is 0. The van der Waals surface area contributed by atoms with E-state index in [-0.39, 0.29) is 5.41 Å². The predicted octanol–water partition coefficient (Wildman–Crippen LogP) is 16.0. The smallest absolute Gasteiger partial charge is 0.238 e. The molecule has 12 aromatic rings. The van der Waals surface area contributed by atoms with E-state index in [1.54, 1.807) is 0 Å². The Balaban J connectivity index is 0.00000219. The Morgan fingerprint density at radius 3 is 1.86 bits per heavy atom. The third-order valence-corrected chi connectivity index (χ3v) is 13.3. The molecule has 65 heavy (non-hydrogen) atoms. The molecule has 0 amide bonds. The van der Waals surface area contributed by atoms with E-state index in [2.05, 4.69) is 176 Å². The molecule has 3 heterocycles. The lowest BCUT2D eigenvalue weighted by Gasteiger charge is -2.22. The molecule has 1 aliphatic rings. The molecule has 0 spiro atoms. The van der Waals surface area contributed by atoms with Crippen LogP contribution in [0.15, 0.2) is 199 Å². The van der Waals surface area contributed by atoms with E-state index in [0.717, 1.165) is 76.8 Å². The first-order chi connectivity index (χ1) is 32.0. The Morgan fingerprint density at radius 1 is 0.385 bits per heavy atom. The predicted molar refractivity (Wildman–Crippen MR) is 270 cm³/mol. The Hall–Kier alpha value is -8.15. The van der Waals surface area contributed by atoms with Crippen molar-refractivity contribution in [3.63, 3.8) is 0 Å². The quantitative estimate of drug-likeness (QED) is 0.173. The average molecular weight is 837 g/mol. The van der Waals surface area contributed by atoms with E-state index >= 15 is 0 Å². The molecule has 9 aromatic carbocycles. The van der Waals surface area contributed by atoms with Crippen molar-refractivity contribution in [3.8, 4) is 62.1 Å². The summed E-state index contributed by atoms with van der Waals surface area (Å²) < 4.78 is 8.65. The van der Waals surface area contributed by atoms with Gasteiger partial charge in [-0.2, -0.15) is 9.97 Å². The van der Waals surface area contributed by atoms with Crippen molar-refractivity contribution in [1.29, 1.82) is 0 Å². The summed E-state index contributed by atoms with van der Waals surface area (Å²) in [6.45, 7) is 8.68. The van der Waals surface area contributed by atoms with E-state index in [0.29, 0.717) is 17.6 Å². The molecule has 0 atom stereocenters. The second-order valence-corrected chi connectivity index (χ2v) is 17.2. The van der Waals surface area contributed by atoms with Gasteiger partial charge in [0.15, 0.2) is 11.6 Å². The molecule has 0 radical (unpaired) electrons. The molecule has 0 saturated carbocycles. The maximum Gasteiger partial charge on any atom is 0.238 e. The zero-order valence-corrected chi connectivity index (χ0v) is 36.7. The molecule has 0 fully saturated rings. The third kappa shape index (κ3) is 6.03. The number of fused-ring (bicyclic) bond motifs is 11. The number of hydrogen-bond donors (Lipinski definition) is 0. The Kier molecular flexibility index (Phi) is 8.89. The van der Waals surface area contributed by atoms with Gasteiger partial charge in [0.25, 0.3) is 0 Å². The van der Waals surface area contributed by atoms with Crippen LogP contribution in [0.25, 0.3) is 117 Å². The zero-order valence-electron chi connectivity index (χ0n) is 36.7. The molecule has 0 unspecified atom stereocenters. The summed E-state index contributed by atoms with van der Waals surface area (Å²) in [5, 5.41) is 6.67. The fourth-order valence-electron chi connectivity index (χ4n) is 10.2. The molecule has 0 bridgehead atoms. The van der Waals surface area contributed by atoms with Gasteiger partial charge in [0.1, 0.15) is 11.2 Å². The number of rotatable bonds is 5. The van der Waals surface area contributed by atoms with Crippen molar-refractivity contribution in [2.75, 3.05) is 0 Å². The van der Waals surface area contributed by atoms with E-state index in [1.165, 1.54) is 33.4 Å². The van der Waals surface area contributed by atoms with Gasteiger partial charge >= 0.3 is 0 Å². The molecule has 310 valence electrons. The summed E-state index contributed by atoms with van der Waals surface area (Å²) in [7, 11) is 0. The van der Waals surface area contributed by atoms with Crippen LogP contribution in [0.1, 0.15) is 38.8 Å². The van der Waals surface area contributed by atoms with E-state index in [9.17, 15) is 0 Å². The fraction of sp³-hybridized carbons (Fsp3) is 0.0833. The molecule has 0 saturated heterocycles. The zero-order chi connectivity index (χ0) is 43.8. The summed E-state index contributed by atoms with van der Waals surface area (Å²) in [5.41, 5.74) is 15.4. The lowest BCUT2D eigenvalue weighted by atomic mass is 9.81. The van der Waals surface area contributed by atoms with E-state index in [4.69, 9.17) is 19.4 Å². The normalized spacial score (nSPS) is 12.7.